The Balaban J connectivity index is 3.70. The zero-order valence-electron chi connectivity index (χ0n) is 8.69. The topological polar surface area (TPSA) is 122 Å². The number of ether oxygens (including phenoxy) is 1. The van der Waals surface area contributed by atoms with Crippen LogP contribution in [0, 0.1) is 0 Å². The van der Waals surface area contributed by atoms with Gasteiger partial charge in [0, 0.05) is 0 Å². The van der Waals surface area contributed by atoms with Gasteiger partial charge in [0.25, 0.3) is 0 Å². The smallest absolute Gasteiger partial charge is 0.397 e. The Morgan fingerprint density at radius 2 is 1.81 bits per heavy atom. The molecule has 0 bridgehead atoms. The maximum Gasteiger partial charge on any atom is 0.397 e. The third-order valence-electron chi connectivity index (χ3n) is 1.23. The first-order chi connectivity index (χ1) is 7.20. The lowest BCUT2D eigenvalue weighted by Gasteiger charge is -2.15. The van der Waals surface area contributed by atoms with Gasteiger partial charge in [-0.2, -0.15) is 8.42 Å². The van der Waals surface area contributed by atoms with Crippen LogP contribution in [0.2, 0.25) is 0 Å². The molecule has 0 aliphatic heterocycles. The SMILES string of the molecule is CC(COCC(C)OS(=O)(=O)O)OS(=O)[O-]. The maximum atomic E-state index is 10.3. The lowest BCUT2D eigenvalue weighted by molar-refractivity contribution is 0.0188. The molecule has 0 rings (SSSR count). The summed E-state index contributed by atoms with van der Waals surface area (Å²) < 4.78 is 62.3. The van der Waals surface area contributed by atoms with Crippen molar-refractivity contribution in [2.75, 3.05) is 13.2 Å². The molecule has 98 valence electrons. The van der Waals surface area contributed by atoms with Crippen molar-refractivity contribution < 1.29 is 34.8 Å². The van der Waals surface area contributed by atoms with E-state index in [1.54, 1.807) is 0 Å². The molecule has 0 aliphatic rings. The fraction of sp³-hybridized carbons (Fsp3) is 1.00. The predicted molar refractivity (Wildman–Crippen MR) is 52.4 cm³/mol. The molecule has 3 unspecified atom stereocenters. The summed E-state index contributed by atoms with van der Waals surface area (Å²) in [6.07, 6.45) is -1.56. The highest BCUT2D eigenvalue weighted by molar-refractivity contribution is 7.80. The van der Waals surface area contributed by atoms with Crippen LogP contribution in [0.5, 0.6) is 0 Å². The van der Waals surface area contributed by atoms with E-state index in [-0.39, 0.29) is 13.2 Å². The van der Waals surface area contributed by atoms with Crippen molar-refractivity contribution in [1.82, 2.24) is 0 Å². The van der Waals surface area contributed by atoms with E-state index in [1.807, 2.05) is 0 Å². The molecular formula is C6H13O8S2-. The lowest BCUT2D eigenvalue weighted by atomic mass is 10.4. The van der Waals surface area contributed by atoms with Gasteiger partial charge in [-0.1, -0.05) is 0 Å². The first kappa shape index (κ1) is 15.9. The normalized spacial score (nSPS) is 18.0. The molecule has 0 saturated carbocycles. The molecule has 0 saturated heterocycles. The quantitative estimate of drug-likeness (QED) is 0.461. The number of hydrogen-bond acceptors (Lipinski definition) is 7. The average molecular weight is 277 g/mol. The van der Waals surface area contributed by atoms with Gasteiger partial charge in [-0.3, -0.25) is 8.74 Å². The minimum atomic E-state index is -4.50. The summed E-state index contributed by atoms with van der Waals surface area (Å²) in [5.74, 6) is 0. The zero-order valence-corrected chi connectivity index (χ0v) is 10.3. The Morgan fingerprint density at radius 1 is 1.31 bits per heavy atom. The third-order valence-corrected chi connectivity index (χ3v) is 2.29. The molecule has 0 amide bonds. The van der Waals surface area contributed by atoms with Crippen molar-refractivity contribution >= 4 is 21.8 Å². The van der Waals surface area contributed by atoms with Crippen LogP contribution >= 0.6 is 0 Å². The second kappa shape index (κ2) is 7.27. The van der Waals surface area contributed by atoms with Gasteiger partial charge >= 0.3 is 10.4 Å². The predicted octanol–water partition coefficient (Wildman–Crippen LogP) is -0.590. The van der Waals surface area contributed by atoms with Gasteiger partial charge in [-0.15, -0.1) is 0 Å². The van der Waals surface area contributed by atoms with E-state index in [0.717, 1.165) is 0 Å². The summed E-state index contributed by atoms with van der Waals surface area (Å²) in [6, 6.07) is 0. The van der Waals surface area contributed by atoms with Crippen molar-refractivity contribution in [1.29, 1.82) is 0 Å². The van der Waals surface area contributed by atoms with Gasteiger partial charge in [0.15, 0.2) is 0 Å². The van der Waals surface area contributed by atoms with Crippen molar-refractivity contribution in [3.05, 3.63) is 0 Å². The average Bonchev–Trinajstić information content (AvgIpc) is 1.98. The van der Waals surface area contributed by atoms with E-state index >= 15 is 0 Å². The van der Waals surface area contributed by atoms with Crippen molar-refractivity contribution in [3.63, 3.8) is 0 Å². The summed E-state index contributed by atoms with van der Waals surface area (Å²) in [5.41, 5.74) is 0. The van der Waals surface area contributed by atoms with E-state index in [1.165, 1.54) is 13.8 Å². The molecule has 16 heavy (non-hydrogen) atoms. The Hall–Kier alpha value is -0.100. The van der Waals surface area contributed by atoms with Crippen LogP contribution in [0.4, 0.5) is 0 Å². The van der Waals surface area contributed by atoms with E-state index in [4.69, 9.17) is 9.29 Å². The second-order valence-electron chi connectivity index (χ2n) is 2.98. The monoisotopic (exact) mass is 277 g/mol. The maximum absolute atomic E-state index is 10.3. The fourth-order valence-corrected chi connectivity index (χ4v) is 1.59. The van der Waals surface area contributed by atoms with E-state index < -0.39 is 34.0 Å². The Bertz CT molecular complexity index is 312. The minimum Gasteiger partial charge on any atom is -0.750 e. The van der Waals surface area contributed by atoms with Gasteiger partial charge in [0.1, 0.15) is 0 Å². The molecule has 0 fully saturated rings. The summed E-state index contributed by atoms with van der Waals surface area (Å²) in [7, 11) is -4.50. The molecule has 0 radical (unpaired) electrons. The van der Waals surface area contributed by atoms with Crippen LogP contribution in [0.25, 0.3) is 0 Å². The molecule has 0 spiro atoms. The number of hydrogen-bond donors (Lipinski definition) is 1. The van der Waals surface area contributed by atoms with Crippen molar-refractivity contribution in [2.24, 2.45) is 0 Å². The van der Waals surface area contributed by atoms with Gasteiger partial charge < -0.3 is 9.29 Å². The van der Waals surface area contributed by atoms with Gasteiger partial charge in [-0.05, 0) is 13.8 Å². The Labute approximate surface area is 96.3 Å². The molecule has 10 heteroatoms. The summed E-state index contributed by atoms with van der Waals surface area (Å²) >= 11 is -2.62. The molecule has 0 aromatic carbocycles. The van der Waals surface area contributed by atoms with Crippen LogP contribution in [0.1, 0.15) is 13.8 Å². The largest absolute Gasteiger partial charge is 0.750 e. The zero-order chi connectivity index (χ0) is 12.8. The van der Waals surface area contributed by atoms with Crippen LogP contribution in [0.15, 0.2) is 0 Å². The fourth-order valence-electron chi connectivity index (χ4n) is 0.797. The first-order valence-corrected chi connectivity index (χ1v) is 6.57. The first-order valence-electron chi connectivity index (χ1n) is 4.20. The summed E-state index contributed by atoms with van der Waals surface area (Å²) in [6.45, 7) is 2.65. The number of rotatable bonds is 8. The molecule has 8 nitrogen and oxygen atoms in total. The van der Waals surface area contributed by atoms with Crippen molar-refractivity contribution in [2.45, 2.75) is 26.1 Å². The third kappa shape index (κ3) is 10.4. The second-order valence-corrected chi connectivity index (χ2v) is 4.63. The summed E-state index contributed by atoms with van der Waals surface area (Å²) in [4.78, 5) is 0. The minimum absolute atomic E-state index is 0.0485. The molecule has 0 heterocycles. The highest BCUT2D eigenvalue weighted by Gasteiger charge is 2.13. The molecular weight excluding hydrogens is 264 g/mol. The van der Waals surface area contributed by atoms with Gasteiger partial charge in [0.05, 0.1) is 36.8 Å². The standard InChI is InChI=1S/C6H14O8S2/c1-5(13-15(7)8)3-12-4-6(2)14-16(9,10)11/h5-6H,3-4H2,1-2H3,(H,7,8)(H,9,10,11)/p-1. The van der Waals surface area contributed by atoms with Crippen molar-refractivity contribution in [3.8, 4) is 0 Å². The summed E-state index contributed by atoms with van der Waals surface area (Å²) in [5, 5.41) is 0. The van der Waals surface area contributed by atoms with Crippen LogP contribution in [0.3, 0.4) is 0 Å². The highest BCUT2D eigenvalue weighted by Crippen LogP contribution is 1.99. The van der Waals surface area contributed by atoms with Crippen LogP contribution in [-0.2, 0) is 34.9 Å². The molecule has 3 atom stereocenters. The van der Waals surface area contributed by atoms with E-state index in [2.05, 4.69) is 8.37 Å². The molecule has 0 aromatic rings. The Morgan fingerprint density at radius 3 is 2.25 bits per heavy atom. The lowest BCUT2D eigenvalue weighted by Crippen LogP contribution is -2.24. The molecule has 0 aliphatic carbocycles. The van der Waals surface area contributed by atoms with E-state index in [9.17, 15) is 17.2 Å². The van der Waals surface area contributed by atoms with Crippen LogP contribution in [-0.4, -0.2) is 47.2 Å². The Kier molecular flexibility index (Phi) is 7.22. The van der Waals surface area contributed by atoms with Crippen LogP contribution < -0.4 is 0 Å². The molecule has 1 N–H and O–H groups in total. The highest BCUT2D eigenvalue weighted by atomic mass is 32.3. The van der Waals surface area contributed by atoms with Gasteiger partial charge in [-0.25, -0.2) is 8.39 Å². The van der Waals surface area contributed by atoms with E-state index in [0.29, 0.717) is 0 Å². The van der Waals surface area contributed by atoms with Gasteiger partial charge in [0.2, 0.25) is 0 Å². The molecule has 0 aromatic heterocycles.